The third-order valence-electron chi connectivity index (χ3n) is 5.24. The Hall–Kier alpha value is -2.00. The first-order chi connectivity index (χ1) is 14.3. The van der Waals surface area contributed by atoms with Gasteiger partial charge in [-0.3, -0.25) is 4.99 Å². The maximum Gasteiger partial charge on any atom is 0.211 e. The molecule has 2 N–H and O–H groups in total. The van der Waals surface area contributed by atoms with Crippen LogP contribution in [-0.4, -0.2) is 64.8 Å². The molecule has 2 rings (SSSR count). The quantitative estimate of drug-likeness (QED) is 0.452. The average Bonchev–Trinajstić information content (AvgIpc) is 2.72. The van der Waals surface area contributed by atoms with E-state index in [1.807, 2.05) is 32.0 Å². The van der Waals surface area contributed by atoms with E-state index in [0.29, 0.717) is 32.2 Å². The molecule has 1 fully saturated rings. The third kappa shape index (κ3) is 7.05. The summed E-state index contributed by atoms with van der Waals surface area (Å²) in [6.07, 6.45) is 2.98. The molecule has 8 nitrogen and oxygen atoms in total. The molecule has 9 heteroatoms. The normalized spacial score (nSPS) is 17.4. The maximum atomic E-state index is 11.6. The van der Waals surface area contributed by atoms with Gasteiger partial charge in [0.1, 0.15) is 0 Å². The van der Waals surface area contributed by atoms with Gasteiger partial charge in [-0.05, 0) is 57.2 Å². The minimum absolute atomic E-state index is 0.0261. The fourth-order valence-electron chi connectivity index (χ4n) is 3.51. The van der Waals surface area contributed by atoms with Crippen molar-refractivity contribution in [2.75, 3.05) is 46.2 Å². The van der Waals surface area contributed by atoms with Gasteiger partial charge in [0.25, 0.3) is 0 Å². The molecule has 30 heavy (non-hydrogen) atoms. The largest absolute Gasteiger partial charge is 0.490 e. The summed E-state index contributed by atoms with van der Waals surface area (Å²) in [5, 5.41) is 6.79. The van der Waals surface area contributed by atoms with Crippen LogP contribution >= 0.6 is 0 Å². The summed E-state index contributed by atoms with van der Waals surface area (Å²) in [4.78, 5) is 4.33. The van der Waals surface area contributed by atoms with Crippen LogP contribution in [0.25, 0.3) is 0 Å². The Bertz CT molecular complexity index is 805. The monoisotopic (exact) mass is 440 g/mol. The van der Waals surface area contributed by atoms with Crippen LogP contribution in [0.3, 0.4) is 0 Å². The average molecular weight is 441 g/mol. The molecule has 0 saturated carbocycles. The number of rotatable bonds is 9. The molecular weight excluding hydrogens is 404 g/mol. The zero-order valence-corrected chi connectivity index (χ0v) is 19.6. The molecule has 0 spiro atoms. The first kappa shape index (κ1) is 24.3. The molecule has 0 aromatic heterocycles. The molecular formula is C21H36N4O4S. The summed E-state index contributed by atoms with van der Waals surface area (Å²) in [5.74, 6) is 2.64. The van der Waals surface area contributed by atoms with E-state index in [4.69, 9.17) is 9.47 Å². The summed E-state index contributed by atoms with van der Waals surface area (Å²) in [5.41, 5.74) is 1.08. The molecule has 1 heterocycles. The van der Waals surface area contributed by atoms with Gasteiger partial charge in [-0.25, -0.2) is 12.7 Å². The predicted octanol–water partition coefficient (Wildman–Crippen LogP) is 2.38. The number of hydrogen-bond donors (Lipinski definition) is 2. The summed E-state index contributed by atoms with van der Waals surface area (Å²) in [6.45, 7) is 9.07. The van der Waals surface area contributed by atoms with E-state index >= 15 is 0 Å². The van der Waals surface area contributed by atoms with Gasteiger partial charge in [-0.1, -0.05) is 6.07 Å². The number of guanidine groups is 1. The second-order valence-electron chi connectivity index (χ2n) is 7.50. The van der Waals surface area contributed by atoms with Crippen LogP contribution in [0.2, 0.25) is 0 Å². The Labute approximate surface area is 181 Å². The van der Waals surface area contributed by atoms with Crippen molar-refractivity contribution in [3.8, 4) is 11.5 Å². The molecule has 1 aromatic rings. The third-order valence-corrected chi connectivity index (χ3v) is 6.55. The van der Waals surface area contributed by atoms with Crippen LogP contribution in [-0.2, 0) is 10.0 Å². The van der Waals surface area contributed by atoms with Gasteiger partial charge in [0, 0.05) is 26.7 Å². The van der Waals surface area contributed by atoms with Crippen LogP contribution in [0.15, 0.2) is 23.2 Å². The number of aliphatic imine (C=N–C) groups is 1. The van der Waals surface area contributed by atoms with Gasteiger partial charge < -0.3 is 20.1 Å². The van der Waals surface area contributed by atoms with E-state index in [0.717, 1.165) is 42.4 Å². The Morgan fingerprint density at radius 3 is 2.40 bits per heavy atom. The molecule has 1 saturated heterocycles. The van der Waals surface area contributed by atoms with Crippen molar-refractivity contribution in [1.29, 1.82) is 0 Å². The van der Waals surface area contributed by atoms with Crippen molar-refractivity contribution < 1.29 is 17.9 Å². The second-order valence-corrected chi connectivity index (χ2v) is 9.48. The van der Waals surface area contributed by atoms with Crippen molar-refractivity contribution in [2.24, 2.45) is 10.9 Å². The zero-order valence-electron chi connectivity index (χ0n) is 18.8. The van der Waals surface area contributed by atoms with Gasteiger partial charge in [-0.15, -0.1) is 0 Å². The van der Waals surface area contributed by atoms with Gasteiger partial charge in [-0.2, -0.15) is 0 Å². The molecule has 1 aliphatic heterocycles. The summed E-state index contributed by atoms with van der Waals surface area (Å²) in [7, 11) is -1.34. The van der Waals surface area contributed by atoms with Crippen LogP contribution < -0.4 is 20.1 Å². The number of benzene rings is 1. The van der Waals surface area contributed by atoms with E-state index in [9.17, 15) is 8.42 Å². The predicted molar refractivity (Wildman–Crippen MR) is 121 cm³/mol. The van der Waals surface area contributed by atoms with E-state index in [1.54, 1.807) is 11.4 Å². The lowest BCUT2D eigenvalue weighted by atomic mass is 9.98. The lowest BCUT2D eigenvalue weighted by molar-refractivity contribution is 0.274. The van der Waals surface area contributed by atoms with Gasteiger partial charge in [0.2, 0.25) is 10.0 Å². The lowest BCUT2D eigenvalue weighted by Crippen LogP contribution is -2.44. The van der Waals surface area contributed by atoms with Crippen molar-refractivity contribution in [3.05, 3.63) is 23.8 Å². The molecule has 1 aliphatic rings. The Morgan fingerprint density at radius 1 is 1.20 bits per heavy atom. The Balaban J connectivity index is 1.90. The van der Waals surface area contributed by atoms with Crippen molar-refractivity contribution in [2.45, 2.75) is 39.7 Å². The Kier molecular flexibility index (Phi) is 9.23. The lowest BCUT2D eigenvalue weighted by Gasteiger charge is -2.30. The minimum atomic E-state index is -3.09. The molecule has 0 aliphatic carbocycles. The minimum Gasteiger partial charge on any atom is -0.490 e. The summed E-state index contributed by atoms with van der Waals surface area (Å²) in [6, 6.07) is 5.99. The highest BCUT2D eigenvalue weighted by Crippen LogP contribution is 2.30. The number of ether oxygens (including phenoxy) is 2. The van der Waals surface area contributed by atoms with E-state index in [-0.39, 0.29) is 6.04 Å². The van der Waals surface area contributed by atoms with Gasteiger partial charge in [0.15, 0.2) is 17.5 Å². The van der Waals surface area contributed by atoms with Crippen molar-refractivity contribution in [1.82, 2.24) is 14.9 Å². The molecule has 0 bridgehead atoms. The van der Waals surface area contributed by atoms with Crippen LogP contribution in [0.5, 0.6) is 11.5 Å². The van der Waals surface area contributed by atoms with E-state index < -0.39 is 10.0 Å². The Morgan fingerprint density at radius 2 is 1.83 bits per heavy atom. The number of nitrogens with zero attached hydrogens (tertiary/aromatic N) is 2. The summed E-state index contributed by atoms with van der Waals surface area (Å²) < 4.78 is 36.2. The fraction of sp³-hybridized carbons (Fsp3) is 0.667. The zero-order chi connectivity index (χ0) is 22.1. The van der Waals surface area contributed by atoms with Crippen LogP contribution in [0, 0.1) is 5.92 Å². The highest BCUT2D eigenvalue weighted by molar-refractivity contribution is 7.88. The standard InChI is InChI=1S/C21H36N4O4S/c1-6-28-19-9-8-18(14-20(19)29-7-2)16(3)24-21(22-4)23-15-17-10-12-25(13-11-17)30(5,26)27/h8-9,14,16-17H,6-7,10-13,15H2,1-5H3,(H2,22,23,24). The first-order valence-electron chi connectivity index (χ1n) is 10.6. The van der Waals surface area contributed by atoms with Crippen molar-refractivity contribution in [3.63, 3.8) is 0 Å². The molecule has 170 valence electrons. The molecule has 0 radical (unpaired) electrons. The van der Waals surface area contributed by atoms with Crippen LogP contribution in [0.1, 0.15) is 45.2 Å². The number of nitrogens with one attached hydrogen (secondary N) is 2. The SMILES string of the molecule is CCOc1ccc(C(C)NC(=NC)NCC2CCN(S(C)(=O)=O)CC2)cc1OCC. The molecule has 1 atom stereocenters. The fourth-order valence-corrected chi connectivity index (χ4v) is 4.38. The highest BCUT2D eigenvalue weighted by Gasteiger charge is 2.25. The smallest absolute Gasteiger partial charge is 0.211 e. The second kappa shape index (κ2) is 11.4. The van der Waals surface area contributed by atoms with Gasteiger partial charge >= 0.3 is 0 Å². The van der Waals surface area contributed by atoms with E-state index in [2.05, 4.69) is 22.5 Å². The molecule has 0 amide bonds. The van der Waals surface area contributed by atoms with Crippen LogP contribution in [0.4, 0.5) is 0 Å². The maximum absolute atomic E-state index is 11.6. The molecule has 1 unspecified atom stereocenters. The highest BCUT2D eigenvalue weighted by atomic mass is 32.2. The van der Waals surface area contributed by atoms with Crippen molar-refractivity contribution >= 4 is 16.0 Å². The van der Waals surface area contributed by atoms with Gasteiger partial charge in [0.05, 0.1) is 25.5 Å². The number of sulfonamides is 1. The topological polar surface area (TPSA) is 92.3 Å². The number of piperidine rings is 1. The van der Waals surface area contributed by atoms with E-state index in [1.165, 1.54) is 6.26 Å². The number of hydrogen-bond acceptors (Lipinski definition) is 5. The molecule has 1 aromatic carbocycles. The first-order valence-corrected chi connectivity index (χ1v) is 12.4. The summed E-state index contributed by atoms with van der Waals surface area (Å²) >= 11 is 0.